The molecule has 0 bridgehead atoms. The second-order valence-corrected chi connectivity index (χ2v) is 6.23. The molecule has 8 heteroatoms. The first-order valence-corrected chi connectivity index (χ1v) is 8.40. The van der Waals surface area contributed by atoms with Crippen molar-refractivity contribution >= 4 is 30.1 Å². The Balaban J connectivity index is 0.00000484. The van der Waals surface area contributed by atoms with Crippen LogP contribution in [0.3, 0.4) is 0 Å². The third kappa shape index (κ3) is 6.63. The van der Waals surface area contributed by atoms with E-state index >= 15 is 0 Å². The average molecular weight is 368 g/mol. The van der Waals surface area contributed by atoms with Crippen LogP contribution in [0.15, 0.2) is 18.2 Å². The smallest absolute Gasteiger partial charge is 0.237 e. The molecule has 3 N–H and O–H groups in total. The molecule has 0 fully saturated rings. The molecule has 0 radical (unpaired) electrons. The maximum absolute atomic E-state index is 13.9. The van der Waals surface area contributed by atoms with Crippen LogP contribution in [0.5, 0.6) is 0 Å². The second kappa shape index (κ2) is 10.8. The highest BCUT2D eigenvalue weighted by molar-refractivity contribution is 7.98. The van der Waals surface area contributed by atoms with E-state index in [0.717, 1.165) is 5.75 Å². The number of hydrogen-bond donors (Lipinski definition) is 2. The van der Waals surface area contributed by atoms with Gasteiger partial charge in [-0.15, -0.1) is 12.4 Å². The Morgan fingerprint density at radius 3 is 2.39 bits per heavy atom. The molecule has 0 aliphatic heterocycles. The lowest BCUT2D eigenvalue weighted by Crippen LogP contribution is -2.44. The predicted molar refractivity (Wildman–Crippen MR) is 94.0 cm³/mol. The number of halogens is 3. The van der Waals surface area contributed by atoms with Gasteiger partial charge in [0, 0.05) is 12.1 Å². The molecule has 1 aromatic carbocycles. The van der Waals surface area contributed by atoms with Crippen LogP contribution in [-0.4, -0.2) is 49.5 Å². The number of nitrogens with zero attached hydrogens (tertiary/aromatic N) is 1. The largest absolute Gasteiger partial charge is 0.353 e. The SMILES string of the molecule is CSCC[C@H](N)C(=O)NCC(c1c(F)cccc1F)N(C)C.Cl. The van der Waals surface area contributed by atoms with Crippen molar-refractivity contribution < 1.29 is 13.6 Å². The zero-order valence-corrected chi connectivity index (χ0v) is 15.1. The van der Waals surface area contributed by atoms with E-state index in [1.54, 1.807) is 30.8 Å². The minimum atomic E-state index is -0.625. The number of carbonyl (C=O) groups excluding carboxylic acids is 1. The van der Waals surface area contributed by atoms with Crippen molar-refractivity contribution in [2.45, 2.75) is 18.5 Å². The maximum Gasteiger partial charge on any atom is 0.237 e. The van der Waals surface area contributed by atoms with Crippen LogP contribution in [0.25, 0.3) is 0 Å². The molecule has 0 aliphatic carbocycles. The fourth-order valence-corrected chi connectivity index (χ4v) is 2.57. The van der Waals surface area contributed by atoms with E-state index in [-0.39, 0.29) is 30.4 Å². The number of rotatable bonds is 8. The minimum absolute atomic E-state index is 0. The Bertz CT molecular complexity index is 485. The minimum Gasteiger partial charge on any atom is -0.353 e. The molecule has 0 heterocycles. The Morgan fingerprint density at radius 1 is 1.35 bits per heavy atom. The van der Waals surface area contributed by atoms with Gasteiger partial charge < -0.3 is 16.0 Å². The quantitative estimate of drug-likeness (QED) is 0.739. The molecular weight excluding hydrogens is 344 g/mol. The first kappa shape index (κ1) is 22.1. The van der Waals surface area contributed by atoms with Gasteiger partial charge >= 0.3 is 0 Å². The lowest BCUT2D eigenvalue weighted by atomic mass is 10.0. The van der Waals surface area contributed by atoms with Crippen molar-refractivity contribution in [3.05, 3.63) is 35.4 Å². The average Bonchev–Trinajstić information content (AvgIpc) is 2.46. The van der Waals surface area contributed by atoms with Crippen LogP contribution < -0.4 is 11.1 Å². The van der Waals surface area contributed by atoms with Crippen LogP contribution in [0.2, 0.25) is 0 Å². The third-order valence-electron chi connectivity index (χ3n) is 3.40. The van der Waals surface area contributed by atoms with E-state index in [4.69, 9.17) is 5.73 Å². The number of nitrogens with one attached hydrogen (secondary N) is 1. The van der Waals surface area contributed by atoms with E-state index in [0.29, 0.717) is 6.42 Å². The summed E-state index contributed by atoms with van der Waals surface area (Å²) in [5.41, 5.74) is 5.73. The van der Waals surface area contributed by atoms with Gasteiger partial charge in [-0.25, -0.2) is 8.78 Å². The van der Waals surface area contributed by atoms with Gasteiger partial charge in [0.15, 0.2) is 0 Å². The van der Waals surface area contributed by atoms with Gasteiger partial charge in [-0.1, -0.05) is 6.07 Å². The van der Waals surface area contributed by atoms with Gasteiger partial charge in [0.25, 0.3) is 0 Å². The van der Waals surface area contributed by atoms with Crippen LogP contribution >= 0.6 is 24.2 Å². The highest BCUT2D eigenvalue weighted by Gasteiger charge is 2.23. The monoisotopic (exact) mass is 367 g/mol. The number of amides is 1. The van der Waals surface area contributed by atoms with Gasteiger partial charge in [-0.3, -0.25) is 4.79 Å². The first-order valence-electron chi connectivity index (χ1n) is 7.01. The first-order chi connectivity index (χ1) is 10.4. The number of hydrogen-bond acceptors (Lipinski definition) is 4. The van der Waals surface area contributed by atoms with Crippen molar-refractivity contribution in [1.82, 2.24) is 10.2 Å². The summed E-state index contributed by atoms with van der Waals surface area (Å²) < 4.78 is 27.8. The molecule has 23 heavy (non-hydrogen) atoms. The van der Waals surface area contributed by atoms with Crippen LogP contribution in [0.4, 0.5) is 8.78 Å². The van der Waals surface area contributed by atoms with Gasteiger partial charge in [0.05, 0.1) is 12.1 Å². The summed E-state index contributed by atoms with van der Waals surface area (Å²) in [5.74, 6) is -0.773. The number of thioether (sulfide) groups is 1. The third-order valence-corrected chi connectivity index (χ3v) is 4.04. The van der Waals surface area contributed by atoms with Gasteiger partial charge in [-0.2, -0.15) is 11.8 Å². The molecule has 1 rings (SSSR count). The Labute approximate surface area is 146 Å². The topological polar surface area (TPSA) is 58.4 Å². The summed E-state index contributed by atoms with van der Waals surface area (Å²) in [4.78, 5) is 13.6. The standard InChI is InChI=1S/C15H23F2N3OS.ClH/c1-20(2)13(14-10(16)5-4-6-11(14)17)9-19-15(21)12(18)7-8-22-3;/h4-6,12-13H,7-9,18H2,1-3H3,(H,19,21);1H/t12-,13?;/m0./s1. The lowest BCUT2D eigenvalue weighted by molar-refractivity contribution is -0.122. The summed E-state index contributed by atoms with van der Waals surface area (Å²) in [6.07, 6.45) is 2.50. The Kier molecular flexibility index (Phi) is 10.4. The fourth-order valence-electron chi connectivity index (χ4n) is 2.08. The van der Waals surface area contributed by atoms with Crippen molar-refractivity contribution in [1.29, 1.82) is 0 Å². The second-order valence-electron chi connectivity index (χ2n) is 5.25. The Morgan fingerprint density at radius 2 is 1.91 bits per heavy atom. The molecule has 0 saturated carbocycles. The van der Waals surface area contributed by atoms with Gasteiger partial charge in [-0.05, 0) is 44.7 Å². The van der Waals surface area contributed by atoms with E-state index in [2.05, 4.69) is 5.32 Å². The summed E-state index contributed by atoms with van der Waals surface area (Å²) in [6, 6.07) is 2.53. The summed E-state index contributed by atoms with van der Waals surface area (Å²) in [7, 11) is 3.41. The van der Waals surface area contributed by atoms with Crippen molar-refractivity contribution in [3.63, 3.8) is 0 Å². The van der Waals surface area contributed by atoms with E-state index in [1.807, 2.05) is 6.26 Å². The van der Waals surface area contributed by atoms with Crippen molar-refractivity contribution in [3.8, 4) is 0 Å². The summed E-state index contributed by atoms with van der Waals surface area (Å²) in [6.45, 7) is 0.0939. The predicted octanol–water partition coefficient (Wildman–Crippen LogP) is 2.19. The molecule has 0 spiro atoms. The molecule has 0 aromatic heterocycles. The normalized spacial score (nSPS) is 13.3. The van der Waals surface area contributed by atoms with Crippen molar-refractivity contribution in [2.75, 3.05) is 32.6 Å². The van der Waals surface area contributed by atoms with Gasteiger partial charge in [0.1, 0.15) is 11.6 Å². The molecular formula is C15H24ClF2N3OS. The number of nitrogens with two attached hydrogens (primary N) is 1. The Hall–Kier alpha value is -0.890. The number of benzene rings is 1. The van der Waals surface area contributed by atoms with E-state index < -0.39 is 23.7 Å². The van der Waals surface area contributed by atoms with E-state index in [9.17, 15) is 13.6 Å². The lowest BCUT2D eigenvalue weighted by Gasteiger charge is -2.26. The maximum atomic E-state index is 13.9. The molecule has 132 valence electrons. The zero-order valence-electron chi connectivity index (χ0n) is 13.5. The highest BCUT2D eigenvalue weighted by atomic mass is 35.5. The molecule has 0 saturated heterocycles. The van der Waals surface area contributed by atoms with Gasteiger partial charge in [0.2, 0.25) is 5.91 Å². The van der Waals surface area contributed by atoms with Crippen LogP contribution in [0.1, 0.15) is 18.0 Å². The molecule has 1 aromatic rings. The zero-order chi connectivity index (χ0) is 16.7. The summed E-state index contributed by atoms with van der Waals surface area (Å²) >= 11 is 1.61. The highest BCUT2D eigenvalue weighted by Crippen LogP contribution is 2.23. The van der Waals surface area contributed by atoms with E-state index in [1.165, 1.54) is 18.2 Å². The van der Waals surface area contributed by atoms with Crippen molar-refractivity contribution in [2.24, 2.45) is 5.73 Å². The number of likely N-dealkylation sites (N-methyl/N-ethyl adjacent to an activating group) is 1. The summed E-state index contributed by atoms with van der Waals surface area (Å²) in [5, 5.41) is 2.68. The fraction of sp³-hybridized carbons (Fsp3) is 0.533. The molecule has 1 unspecified atom stereocenters. The molecule has 0 aliphatic rings. The van der Waals surface area contributed by atoms with Crippen LogP contribution in [-0.2, 0) is 4.79 Å². The number of carbonyl (C=O) groups is 1. The molecule has 4 nitrogen and oxygen atoms in total. The van der Waals surface area contributed by atoms with Crippen LogP contribution in [0, 0.1) is 11.6 Å². The molecule has 2 atom stereocenters. The molecule has 1 amide bonds.